The Bertz CT molecular complexity index is 690. The van der Waals surface area contributed by atoms with Gasteiger partial charge in [-0.2, -0.15) is 0 Å². The number of benzene rings is 1. The van der Waals surface area contributed by atoms with Crippen LogP contribution in [0.2, 0.25) is 0 Å². The molecule has 2 aromatic rings. The fourth-order valence-corrected chi connectivity index (χ4v) is 2.72. The zero-order valence-corrected chi connectivity index (χ0v) is 12.7. The molecule has 1 saturated heterocycles. The van der Waals surface area contributed by atoms with Gasteiger partial charge in [-0.3, -0.25) is 4.79 Å². The predicted octanol–water partition coefficient (Wildman–Crippen LogP) is 2.39. The third kappa shape index (κ3) is 2.81. The van der Waals surface area contributed by atoms with E-state index in [-0.39, 0.29) is 11.7 Å². The van der Waals surface area contributed by atoms with Gasteiger partial charge in [-0.15, -0.1) is 0 Å². The average molecular weight is 303 g/mol. The molecule has 1 aromatic heterocycles. The summed E-state index contributed by atoms with van der Waals surface area (Å²) in [6, 6.07) is 6.52. The number of oxazole rings is 1. The molecule has 1 aliphatic heterocycles. The van der Waals surface area contributed by atoms with E-state index in [0.717, 1.165) is 5.69 Å². The highest BCUT2D eigenvalue weighted by molar-refractivity contribution is 5.93. The maximum atomic E-state index is 13.3. The molecule has 0 saturated carbocycles. The summed E-state index contributed by atoms with van der Waals surface area (Å²) in [5, 5.41) is 0. The Morgan fingerprint density at radius 2 is 1.95 bits per heavy atom. The van der Waals surface area contributed by atoms with Crippen molar-refractivity contribution in [2.75, 3.05) is 31.1 Å². The molecule has 0 N–H and O–H groups in total. The molecule has 0 unspecified atom stereocenters. The molecule has 2 heterocycles. The third-order valence-corrected chi connectivity index (χ3v) is 3.85. The molecule has 6 heteroatoms. The first kappa shape index (κ1) is 14.6. The van der Waals surface area contributed by atoms with Gasteiger partial charge in [0.15, 0.2) is 11.6 Å². The molecule has 0 radical (unpaired) electrons. The first-order chi connectivity index (χ1) is 10.5. The van der Waals surface area contributed by atoms with Gasteiger partial charge in [0.25, 0.3) is 5.91 Å². The maximum Gasteiger partial charge on any atom is 0.276 e. The summed E-state index contributed by atoms with van der Waals surface area (Å²) in [5.74, 6) is 0.701. The second-order valence-corrected chi connectivity index (χ2v) is 5.40. The van der Waals surface area contributed by atoms with Crippen molar-refractivity contribution in [3.63, 3.8) is 0 Å². The van der Waals surface area contributed by atoms with Crippen LogP contribution < -0.4 is 4.90 Å². The van der Waals surface area contributed by atoms with Crippen LogP contribution in [-0.2, 0) is 0 Å². The molecule has 1 fully saturated rings. The molecule has 116 valence electrons. The summed E-state index contributed by atoms with van der Waals surface area (Å²) < 4.78 is 18.6. The second kappa shape index (κ2) is 5.79. The highest BCUT2D eigenvalue weighted by Gasteiger charge is 2.26. The van der Waals surface area contributed by atoms with E-state index in [9.17, 15) is 9.18 Å². The van der Waals surface area contributed by atoms with Crippen molar-refractivity contribution in [2.45, 2.75) is 13.8 Å². The molecule has 0 spiro atoms. The summed E-state index contributed by atoms with van der Waals surface area (Å²) in [4.78, 5) is 20.5. The second-order valence-electron chi connectivity index (χ2n) is 5.40. The van der Waals surface area contributed by atoms with Gasteiger partial charge >= 0.3 is 0 Å². The lowest BCUT2D eigenvalue weighted by atomic mass is 10.2. The van der Waals surface area contributed by atoms with Crippen molar-refractivity contribution in [1.82, 2.24) is 9.88 Å². The van der Waals surface area contributed by atoms with Crippen LogP contribution in [0.5, 0.6) is 0 Å². The van der Waals surface area contributed by atoms with Gasteiger partial charge < -0.3 is 14.2 Å². The van der Waals surface area contributed by atoms with Gasteiger partial charge in [-0.05, 0) is 25.1 Å². The molecule has 3 rings (SSSR count). The highest BCUT2D eigenvalue weighted by atomic mass is 19.1. The lowest BCUT2D eigenvalue weighted by Crippen LogP contribution is -2.49. The highest BCUT2D eigenvalue weighted by Crippen LogP contribution is 2.19. The minimum atomic E-state index is -0.246. The quantitative estimate of drug-likeness (QED) is 0.855. The van der Waals surface area contributed by atoms with Gasteiger partial charge in [0, 0.05) is 38.8 Å². The Morgan fingerprint density at radius 1 is 1.23 bits per heavy atom. The van der Waals surface area contributed by atoms with Crippen LogP contribution in [0.25, 0.3) is 0 Å². The van der Waals surface area contributed by atoms with Crippen molar-refractivity contribution >= 4 is 11.6 Å². The maximum absolute atomic E-state index is 13.3. The van der Waals surface area contributed by atoms with E-state index in [0.29, 0.717) is 43.5 Å². The van der Waals surface area contributed by atoms with Gasteiger partial charge in [-0.25, -0.2) is 9.37 Å². The monoisotopic (exact) mass is 303 g/mol. The normalized spacial score (nSPS) is 15.2. The van der Waals surface area contributed by atoms with E-state index < -0.39 is 0 Å². The van der Waals surface area contributed by atoms with Crippen LogP contribution in [0.4, 0.5) is 10.1 Å². The zero-order chi connectivity index (χ0) is 15.7. The van der Waals surface area contributed by atoms with Crippen molar-refractivity contribution in [2.24, 2.45) is 0 Å². The van der Waals surface area contributed by atoms with Gasteiger partial charge in [0.2, 0.25) is 0 Å². The van der Waals surface area contributed by atoms with E-state index in [2.05, 4.69) is 9.88 Å². The van der Waals surface area contributed by atoms with E-state index in [1.54, 1.807) is 24.8 Å². The number of hydrogen-bond acceptors (Lipinski definition) is 4. The Hall–Kier alpha value is -2.37. The number of nitrogens with zero attached hydrogens (tertiary/aromatic N) is 3. The predicted molar refractivity (Wildman–Crippen MR) is 80.5 cm³/mol. The van der Waals surface area contributed by atoms with Crippen LogP contribution in [0, 0.1) is 19.7 Å². The van der Waals surface area contributed by atoms with Crippen LogP contribution in [0.3, 0.4) is 0 Å². The van der Waals surface area contributed by atoms with Gasteiger partial charge in [0.05, 0.1) is 0 Å². The number of carbonyl (C=O) groups excluding carboxylic acids is 1. The molecule has 1 amide bonds. The SMILES string of the molecule is Cc1nc(C(=O)N2CCN(c3cccc(F)c3)CC2)c(C)o1. The number of hydrogen-bond donors (Lipinski definition) is 0. The van der Waals surface area contributed by atoms with E-state index in [1.165, 1.54) is 12.1 Å². The zero-order valence-electron chi connectivity index (χ0n) is 12.7. The Kier molecular flexibility index (Phi) is 3.83. The molecule has 0 aliphatic carbocycles. The van der Waals surface area contributed by atoms with Crippen LogP contribution in [0.15, 0.2) is 28.7 Å². The Morgan fingerprint density at radius 3 is 2.55 bits per heavy atom. The van der Waals surface area contributed by atoms with Gasteiger partial charge in [-0.1, -0.05) is 6.07 Å². The largest absolute Gasteiger partial charge is 0.445 e. The molecule has 0 bridgehead atoms. The van der Waals surface area contributed by atoms with Crippen LogP contribution in [-0.4, -0.2) is 42.0 Å². The van der Waals surface area contributed by atoms with E-state index in [4.69, 9.17) is 4.42 Å². The number of carbonyl (C=O) groups is 1. The molecular weight excluding hydrogens is 285 g/mol. The number of anilines is 1. The van der Waals surface area contributed by atoms with E-state index in [1.807, 2.05) is 6.07 Å². The summed E-state index contributed by atoms with van der Waals surface area (Å²) >= 11 is 0. The topological polar surface area (TPSA) is 49.6 Å². The third-order valence-electron chi connectivity index (χ3n) is 3.85. The lowest BCUT2D eigenvalue weighted by molar-refractivity contribution is 0.0739. The number of piperazine rings is 1. The van der Waals surface area contributed by atoms with Crippen molar-refractivity contribution in [3.8, 4) is 0 Å². The smallest absolute Gasteiger partial charge is 0.276 e. The van der Waals surface area contributed by atoms with Gasteiger partial charge in [0.1, 0.15) is 11.6 Å². The van der Waals surface area contributed by atoms with Crippen LogP contribution in [0.1, 0.15) is 22.1 Å². The van der Waals surface area contributed by atoms with E-state index >= 15 is 0 Å². The standard InChI is InChI=1S/C16H18FN3O2/c1-11-15(18-12(2)22-11)16(21)20-8-6-19(7-9-20)14-5-3-4-13(17)10-14/h3-5,10H,6-9H2,1-2H3. The number of amides is 1. The molecule has 5 nitrogen and oxygen atoms in total. The first-order valence-electron chi connectivity index (χ1n) is 7.28. The fourth-order valence-electron chi connectivity index (χ4n) is 2.72. The number of aromatic nitrogens is 1. The Balaban J connectivity index is 1.67. The number of rotatable bonds is 2. The molecular formula is C16H18FN3O2. The molecule has 1 aromatic carbocycles. The summed E-state index contributed by atoms with van der Waals surface area (Å²) in [6.07, 6.45) is 0. The fraction of sp³-hybridized carbons (Fsp3) is 0.375. The lowest BCUT2D eigenvalue weighted by Gasteiger charge is -2.35. The van der Waals surface area contributed by atoms with Crippen molar-refractivity contribution < 1.29 is 13.6 Å². The van der Waals surface area contributed by atoms with Crippen molar-refractivity contribution in [3.05, 3.63) is 47.4 Å². The summed E-state index contributed by atoms with van der Waals surface area (Å²) in [7, 11) is 0. The molecule has 22 heavy (non-hydrogen) atoms. The number of halogens is 1. The van der Waals surface area contributed by atoms with Crippen LogP contribution >= 0.6 is 0 Å². The Labute approximate surface area is 128 Å². The summed E-state index contributed by atoms with van der Waals surface area (Å²) in [6.45, 7) is 5.99. The first-order valence-corrected chi connectivity index (χ1v) is 7.28. The minimum absolute atomic E-state index is 0.103. The molecule has 0 atom stereocenters. The number of aryl methyl sites for hydroxylation is 2. The summed E-state index contributed by atoms with van der Waals surface area (Å²) in [5.41, 5.74) is 1.23. The minimum Gasteiger partial charge on any atom is -0.445 e. The molecule has 1 aliphatic rings. The van der Waals surface area contributed by atoms with Crippen molar-refractivity contribution in [1.29, 1.82) is 0 Å². The average Bonchev–Trinajstić information content (AvgIpc) is 2.85.